The molecule has 0 aromatic carbocycles. The average molecular weight is 315 g/mol. The van der Waals surface area contributed by atoms with Crippen LogP contribution in [0.2, 0.25) is 0 Å². The summed E-state index contributed by atoms with van der Waals surface area (Å²) in [5.41, 5.74) is 7.42. The molecule has 3 N–H and O–H groups in total. The summed E-state index contributed by atoms with van der Waals surface area (Å²) in [6, 6.07) is 2.09. The first-order chi connectivity index (χ1) is 9.29. The van der Waals surface area contributed by atoms with Crippen LogP contribution >= 0.6 is 12.4 Å². The van der Waals surface area contributed by atoms with Gasteiger partial charge in [0.25, 0.3) is 5.91 Å². The second-order valence-corrected chi connectivity index (χ2v) is 6.91. The molecule has 0 bridgehead atoms. The molecule has 2 heterocycles. The maximum atomic E-state index is 12.4. The minimum Gasteiger partial charge on any atom is -0.337 e. The number of aromatic nitrogens is 2. The number of hydrogen-bond acceptors (Lipinski definition) is 3. The van der Waals surface area contributed by atoms with Crippen LogP contribution < -0.4 is 5.73 Å². The Bertz CT molecular complexity index is 470. The van der Waals surface area contributed by atoms with Gasteiger partial charge in [0, 0.05) is 30.2 Å². The molecule has 1 fully saturated rings. The van der Waals surface area contributed by atoms with Gasteiger partial charge in [0.2, 0.25) is 0 Å². The highest BCUT2D eigenvalue weighted by molar-refractivity contribution is 5.92. The van der Waals surface area contributed by atoms with E-state index in [1.54, 1.807) is 0 Å². The number of carbonyl (C=O) groups is 1. The van der Waals surface area contributed by atoms with Crippen molar-refractivity contribution in [3.63, 3.8) is 0 Å². The summed E-state index contributed by atoms with van der Waals surface area (Å²) in [4.78, 5) is 14.3. The van der Waals surface area contributed by atoms with Gasteiger partial charge in [-0.15, -0.1) is 12.4 Å². The number of amides is 1. The van der Waals surface area contributed by atoms with Crippen molar-refractivity contribution in [2.45, 2.75) is 52.0 Å². The van der Waals surface area contributed by atoms with E-state index in [-0.39, 0.29) is 29.8 Å². The second kappa shape index (κ2) is 6.79. The number of nitrogens with two attached hydrogens (primary N) is 1. The van der Waals surface area contributed by atoms with Crippen molar-refractivity contribution >= 4 is 18.3 Å². The molecular weight excluding hydrogens is 288 g/mol. The first kappa shape index (κ1) is 18.0. The molecule has 1 aromatic heterocycles. The average Bonchev–Trinajstić information content (AvgIpc) is 2.87. The predicted octanol–water partition coefficient (Wildman–Crippen LogP) is 2.33. The summed E-state index contributed by atoms with van der Waals surface area (Å²) in [6.45, 7) is 9.91. The van der Waals surface area contributed by atoms with Gasteiger partial charge in [0.1, 0.15) is 5.69 Å². The van der Waals surface area contributed by atoms with Crippen LogP contribution in [0.1, 0.15) is 56.7 Å². The van der Waals surface area contributed by atoms with E-state index in [2.05, 4.69) is 31.0 Å². The number of nitrogens with one attached hydrogen (secondary N) is 1. The Morgan fingerprint density at radius 2 is 2.00 bits per heavy atom. The van der Waals surface area contributed by atoms with Crippen molar-refractivity contribution in [3.8, 4) is 0 Å². The van der Waals surface area contributed by atoms with Crippen molar-refractivity contribution in [1.29, 1.82) is 0 Å². The molecule has 5 nitrogen and oxygen atoms in total. The van der Waals surface area contributed by atoms with E-state index >= 15 is 0 Å². The number of carbonyl (C=O) groups excluding carboxylic acids is 1. The fraction of sp³-hybridized carbons (Fsp3) is 0.733. The minimum absolute atomic E-state index is 0. The zero-order valence-electron chi connectivity index (χ0n) is 13.3. The van der Waals surface area contributed by atoms with Crippen molar-refractivity contribution in [1.82, 2.24) is 15.1 Å². The highest BCUT2D eigenvalue weighted by Gasteiger charge is 2.27. The van der Waals surface area contributed by atoms with Gasteiger partial charge in [0.05, 0.1) is 0 Å². The Balaban J connectivity index is 0.00000220. The zero-order valence-corrected chi connectivity index (χ0v) is 14.2. The van der Waals surface area contributed by atoms with Crippen LogP contribution in [0.15, 0.2) is 6.07 Å². The lowest BCUT2D eigenvalue weighted by atomic mass is 9.90. The molecule has 1 aliphatic heterocycles. The number of H-pyrrole nitrogens is 1. The number of hydrogen-bond donors (Lipinski definition) is 2. The highest BCUT2D eigenvalue weighted by atomic mass is 35.5. The summed E-state index contributed by atoms with van der Waals surface area (Å²) < 4.78 is 0. The van der Waals surface area contributed by atoms with Crippen molar-refractivity contribution in [2.24, 2.45) is 11.7 Å². The van der Waals surface area contributed by atoms with Crippen molar-refractivity contribution in [2.75, 3.05) is 13.1 Å². The van der Waals surface area contributed by atoms with Crippen LogP contribution in [-0.2, 0) is 5.41 Å². The third kappa shape index (κ3) is 4.20. The van der Waals surface area contributed by atoms with Crippen LogP contribution in [0, 0.1) is 5.92 Å². The van der Waals surface area contributed by atoms with E-state index in [1.807, 2.05) is 17.9 Å². The van der Waals surface area contributed by atoms with E-state index in [9.17, 15) is 4.79 Å². The first-order valence-electron chi connectivity index (χ1n) is 7.40. The van der Waals surface area contributed by atoms with Gasteiger partial charge in [0.15, 0.2) is 0 Å². The number of halogens is 1. The van der Waals surface area contributed by atoms with Crippen LogP contribution in [0.25, 0.3) is 0 Å². The van der Waals surface area contributed by atoms with Gasteiger partial charge in [-0.1, -0.05) is 20.8 Å². The Labute approximate surface area is 133 Å². The van der Waals surface area contributed by atoms with E-state index in [0.717, 1.165) is 31.6 Å². The summed E-state index contributed by atoms with van der Waals surface area (Å²) >= 11 is 0. The van der Waals surface area contributed by atoms with Crippen LogP contribution in [0.3, 0.4) is 0 Å². The molecule has 1 aromatic rings. The molecule has 1 saturated heterocycles. The number of likely N-dealkylation sites (tertiary alicyclic amines) is 1. The molecule has 1 atom stereocenters. The van der Waals surface area contributed by atoms with E-state index in [0.29, 0.717) is 11.6 Å². The number of piperidine rings is 1. The fourth-order valence-corrected chi connectivity index (χ4v) is 2.61. The van der Waals surface area contributed by atoms with Gasteiger partial charge in [-0.05, 0) is 31.7 Å². The van der Waals surface area contributed by atoms with Crippen LogP contribution in [0.4, 0.5) is 0 Å². The molecule has 1 aliphatic rings. The maximum Gasteiger partial charge on any atom is 0.274 e. The summed E-state index contributed by atoms with van der Waals surface area (Å²) in [5, 5.41) is 7.15. The highest BCUT2D eigenvalue weighted by Crippen LogP contribution is 2.23. The Morgan fingerprint density at radius 1 is 1.43 bits per heavy atom. The molecule has 0 aliphatic carbocycles. The smallest absolute Gasteiger partial charge is 0.274 e. The number of aromatic amines is 1. The minimum atomic E-state index is -0.0203. The molecule has 6 heteroatoms. The molecule has 0 saturated carbocycles. The van der Waals surface area contributed by atoms with Crippen LogP contribution in [-0.4, -0.2) is 40.1 Å². The lowest BCUT2D eigenvalue weighted by Crippen LogP contribution is -2.42. The van der Waals surface area contributed by atoms with Gasteiger partial charge in [-0.2, -0.15) is 5.10 Å². The van der Waals surface area contributed by atoms with Gasteiger partial charge < -0.3 is 10.6 Å². The Morgan fingerprint density at radius 3 is 2.43 bits per heavy atom. The van der Waals surface area contributed by atoms with Gasteiger partial charge >= 0.3 is 0 Å². The third-order valence-electron chi connectivity index (χ3n) is 4.18. The monoisotopic (exact) mass is 314 g/mol. The largest absolute Gasteiger partial charge is 0.337 e. The number of rotatable bonds is 2. The molecule has 0 radical (unpaired) electrons. The molecule has 0 spiro atoms. The molecule has 1 amide bonds. The molecule has 120 valence electrons. The lowest BCUT2D eigenvalue weighted by Gasteiger charge is -2.33. The quantitative estimate of drug-likeness (QED) is 0.879. The second-order valence-electron chi connectivity index (χ2n) is 6.91. The van der Waals surface area contributed by atoms with Crippen LogP contribution in [0.5, 0.6) is 0 Å². The first-order valence-corrected chi connectivity index (χ1v) is 7.40. The Kier molecular flexibility index (Phi) is 5.82. The molecular formula is C15H27ClN4O. The topological polar surface area (TPSA) is 75.0 Å². The van der Waals surface area contributed by atoms with Gasteiger partial charge in [-0.25, -0.2) is 0 Å². The fourth-order valence-electron chi connectivity index (χ4n) is 2.61. The lowest BCUT2D eigenvalue weighted by molar-refractivity contribution is 0.0675. The van der Waals surface area contributed by atoms with Gasteiger partial charge in [-0.3, -0.25) is 9.89 Å². The van der Waals surface area contributed by atoms with Crippen molar-refractivity contribution < 1.29 is 4.79 Å². The van der Waals surface area contributed by atoms with E-state index < -0.39 is 0 Å². The SMILES string of the molecule is CC(N)C1CCN(C(=O)c2cc(C(C)(C)C)[nH]n2)CC1.Cl. The summed E-state index contributed by atoms with van der Waals surface area (Å²) in [6.07, 6.45) is 1.97. The van der Waals surface area contributed by atoms with E-state index in [4.69, 9.17) is 5.73 Å². The molecule has 2 rings (SSSR count). The standard InChI is InChI=1S/C15H26N4O.ClH/c1-10(16)11-5-7-19(8-6-11)14(20)12-9-13(18-17-12)15(2,3)4;/h9-11H,5-8,16H2,1-4H3,(H,17,18);1H. The molecule has 21 heavy (non-hydrogen) atoms. The normalized spacial score (nSPS) is 18.2. The van der Waals surface area contributed by atoms with Crippen molar-refractivity contribution in [3.05, 3.63) is 17.5 Å². The predicted molar refractivity (Wildman–Crippen MR) is 86.8 cm³/mol. The Hall–Kier alpha value is -1.07. The zero-order chi connectivity index (χ0) is 14.9. The number of nitrogens with zero attached hydrogens (tertiary/aromatic N) is 2. The third-order valence-corrected chi connectivity index (χ3v) is 4.18. The summed E-state index contributed by atoms with van der Waals surface area (Å²) in [5.74, 6) is 0.559. The molecule has 1 unspecified atom stereocenters. The van der Waals surface area contributed by atoms with E-state index in [1.165, 1.54) is 0 Å². The maximum absolute atomic E-state index is 12.4. The summed E-state index contributed by atoms with van der Waals surface area (Å²) in [7, 11) is 0.